The third-order valence-corrected chi connectivity index (χ3v) is 3.55. The summed E-state index contributed by atoms with van der Waals surface area (Å²) in [5, 5.41) is 8.43. The van der Waals surface area contributed by atoms with Crippen LogP contribution in [-0.4, -0.2) is 11.5 Å². The van der Waals surface area contributed by atoms with E-state index in [1.165, 1.54) is 11.1 Å². The van der Waals surface area contributed by atoms with Crippen molar-refractivity contribution in [1.29, 1.82) is 0 Å². The highest BCUT2D eigenvalue weighted by atomic mass is 15.2. The van der Waals surface area contributed by atoms with E-state index in [-0.39, 0.29) is 5.92 Å². The van der Waals surface area contributed by atoms with Gasteiger partial charge in [0.25, 0.3) is 0 Å². The Labute approximate surface area is 118 Å². The Balaban J connectivity index is 2.06. The largest absolute Gasteiger partial charge is 0.386 e. The fraction of sp³-hybridized carbons (Fsp3) is 0.176. The van der Waals surface area contributed by atoms with Gasteiger partial charge in [-0.25, -0.2) is 0 Å². The smallest absolute Gasteiger partial charge is 0.123 e. The molecular weight excluding hydrogens is 246 g/mol. The molecule has 0 saturated heterocycles. The lowest BCUT2D eigenvalue weighted by Gasteiger charge is -2.22. The first-order valence-corrected chi connectivity index (χ1v) is 6.76. The highest BCUT2D eigenvalue weighted by Crippen LogP contribution is 2.28. The van der Waals surface area contributed by atoms with Gasteiger partial charge in [0.05, 0.1) is 5.71 Å². The van der Waals surface area contributed by atoms with E-state index in [9.17, 15) is 0 Å². The molecule has 0 saturated carbocycles. The predicted molar refractivity (Wildman–Crippen MR) is 83.1 cm³/mol. The average Bonchev–Trinajstić information content (AvgIpc) is 2.48. The first-order valence-electron chi connectivity index (χ1n) is 6.76. The summed E-state index contributed by atoms with van der Waals surface area (Å²) in [7, 11) is 0. The maximum atomic E-state index is 5.88. The summed E-state index contributed by atoms with van der Waals surface area (Å²) in [5.74, 6) is 0.769. The number of amidine groups is 1. The molecule has 3 rings (SSSR count). The summed E-state index contributed by atoms with van der Waals surface area (Å²) in [6, 6.07) is 18.7. The Morgan fingerprint density at radius 3 is 2.55 bits per heavy atom. The van der Waals surface area contributed by atoms with Crippen LogP contribution in [0.15, 0.2) is 64.8 Å². The highest BCUT2D eigenvalue weighted by molar-refractivity contribution is 6.08. The third kappa shape index (κ3) is 2.48. The van der Waals surface area contributed by atoms with E-state index in [2.05, 4.69) is 53.5 Å². The fourth-order valence-corrected chi connectivity index (χ4v) is 2.56. The van der Waals surface area contributed by atoms with E-state index < -0.39 is 0 Å². The lowest BCUT2D eigenvalue weighted by molar-refractivity contribution is 0.887. The summed E-state index contributed by atoms with van der Waals surface area (Å²) < 4.78 is 0. The molecule has 100 valence electrons. The normalized spacial score (nSPS) is 18.4. The molecule has 0 bridgehead atoms. The van der Waals surface area contributed by atoms with Crippen molar-refractivity contribution in [1.82, 2.24) is 0 Å². The van der Waals surface area contributed by atoms with Crippen LogP contribution in [0, 0.1) is 6.92 Å². The topological polar surface area (TPSA) is 50.7 Å². The molecule has 1 atom stereocenters. The molecule has 0 aromatic heterocycles. The molecule has 3 heteroatoms. The SMILES string of the molecule is Cc1cccc(C2=NN=C(N)CC2c2ccccc2)c1. The van der Waals surface area contributed by atoms with Gasteiger partial charge in [0.1, 0.15) is 5.84 Å². The predicted octanol–water partition coefficient (Wildman–Crippen LogP) is 3.24. The van der Waals surface area contributed by atoms with Crippen molar-refractivity contribution in [3.05, 3.63) is 71.3 Å². The maximum absolute atomic E-state index is 5.88. The molecule has 2 aromatic rings. The monoisotopic (exact) mass is 263 g/mol. The Kier molecular flexibility index (Phi) is 3.33. The van der Waals surface area contributed by atoms with Crippen molar-refractivity contribution in [2.24, 2.45) is 15.9 Å². The second-order valence-corrected chi connectivity index (χ2v) is 5.11. The van der Waals surface area contributed by atoms with Crippen LogP contribution in [0.25, 0.3) is 0 Å². The first-order chi connectivity index (χ1) is 9.74. The molecule has 0 radical (unpaired) electrons. The molecule has 2 aromatic carbocycles. The molecule has 0 fully saturated rings. The minimum Gasteiger partial charge on any atom is -0.386 e. The van der Waals surface area contributed by atoms with Crippen molar-refractivity contribution in [2.45, 2.75) is 19.3 Å². The minimum absolute atomic E-state index is 0.176. The van der Waals surface area contributed by atoms with E-state index in [1.54, 1.807) is 0 Å². The fourth-order valence-electron chi connectivity index (χ4n) is 2.56. The van der Waals surface area contributed by atoms with Crippen LogP contribution in [-0.2, 0) is 0 Å². The number of hydrogen-bond donors (Lipinski definition) is 1. The molecule has 1 heterocycles. The zero-order valence-electron chi connectivity index (χ0n) is 11.5. The quantitative estimate of drug-likeness (QED) is 0.888. The number of nitrogens with zero attached hydrogens (tertiary/aromatic N) is 2. The standard InChI is InChI=1S/C17H17N3/c1-12-6-5-9-14(10-12)17-15(11-16(18)19-20-17)13-7-3-2-4-8-13/h2-10,15H,11H2,1H3,(H2,18,19). The van der Waals surface area contributed by atoms with Gasteiger partial charge in [-0.3, -0.25) is 0 Å². The molecule has 2 N–H and O–H groups in total. The number of hydrogen-bond acceptors (Lipinski definition) is 3. The molecule has 0 spiro atoms. The molecule has 3 nitrogen and oxygen atoms in total. The third-order valence-electron chi connectivity index (χ3n) is 3.55. The van der Waals surface area contributed by atoms with Crippen molar-refractivity contribution in [2.75, 3.05) is 0 Å². The van der Waals surface area contributed by atoms with Gasteiger partial charge in [0.15, 0.2) is 0 Å². The second kappa shape index (κ2) is 5.29. The van der Waals surface area contributed by atoms with Crippen LogP contribution in [0.5, 0.6) is 0 Å². The molecule has 0 amide bonds. The molecule has 1 aliphatic heterocycles. The highest BCUT2D eigenvalue weighted by Gasteiger charge is 2.24. The van der Waals surface area contributed by atoms with Crippen LogP contribution >= 0.6 is 0 Å². The van der Waals surface area contributed by atoms with Gasteiger partial charge in [-0.15, -0.1) is 5.10 Å². The Hall–Kier alpha value is -2.42. The summed E-state index contributed by atoms with van der Waals surface area (Å²) in [4.78, 5) is 0. The Morgan fingerprint density at radius 2 is 1.80 bits per heavy atom. The molecule has 1 unspecified atom stereocenters. The molecule has 20 heavy (non-hydrogen) atoms. The minimum atomic E-state index is 0.176. The zero-order valence-corrected chi connectivity index (χ0v) is 11.5. The van der Waals surface area contributed by atoms with Gasteiger partial charge in [0.2, 0.25) is 0 Å². The van der Waals surface area contributed by atoms with E-state index in [0.717, 1.165) is 17.7 Å². The van der Waals surface area contributed by atoms with Gasteiger partial charge in [-0.05, 0) is 18.1 Å². The summed E-state index contributed by atoms with van der Waals surface area (Å²) >= 11 is 0. The van der Waals surface area contributed by atoms with E-state index >= 15 is 0 Å². The second-order valence-electron chi connectivity index (χ2n) is 5.11. The van der Waals surface area contributed by atoms with Crippen LogP contribution < -0.4 is 5.73 Å². The summed E-state index contributed by atoms with van der Waals surface area (Å²) in [6.45, 7) is 2.09. The van der Waals surface area contributed by atoms with E-state index in [1.807, 2.05) is 18.2 Å². The number of aryl methyl sites for hydroxylation is 1. The van der Waals surface area contributed by atoms with Gasteiger partial charge in [-0.2, -0.15) is 5.10 Å². The van der Waals surface area contributed by atoms with Crippen molar-refractivity contribution >= 4 is 11.5 Å². The van der Waals surface area contributed by atoms with Gasteiger partial charge in [0, 0.05) is 12.3 Å². The van der Waals surface area contributed by atoms with Crippen LogP contribution in [0.3, 0.4) is 0 Å². The summed E-state index contributed by atoms with van der Waals surface area (Å²) in [6.07, 6.45) is 0.719. The van der Waals surface area contributed by atoms with Crippen LogP contribution in [0.2, 0.25) is 0 Å². The lowest BCUT2D eigenvalue weighted by Crippen LogP contribution is -2.25. The Bertz CT molecular complexity index is 672. The lowest BCUT2D eigenvalue weighted by atomic mass is 9.86. The van der Waals surface area contributed by atoms with Crippen molar-refractivity contribution in [3.63, 3.8) is 0 Å². The molecule has 1 aliphatic rings. The number of benzene rings is 2. The van der Waals surface area contributed by atoms with Crippen LogP contribution in [0.1, 0.15) is 29.0 Å². The zero-order chi connectivity index (χ0) is 13.9. The van der Waals surface area contributed by atoms with E-state index in [4.69, 9.17) is 5.73 Å². The van der Waals surface area contributed by atoms with Crippen molar-refractivity contribution in [3.8, 4) is 0 Å². The Morgan fingerprint density at radius 1 is 1.00 bits per heavy atom. The van der Waals surface area contributed by atoms with Crippen molar-refractivity contribution < 1.29 is 0 Å². The number of nitrogens with two attached hydrogens (primary N) is 1. The van der Waals surface area contributed by atoms with Crippen LogP contribution in [0.4, 0.5) is 0 Å². The first kappa shape index (κ1) is 12.6. The average molecular weight is 263 g/mol. The van der Waals surface area contributed by atoms with Gasteiger partial charge < -0.3 is 5.73 Å². The van der Waals surface area contributed by atoms with Gasteiger partial charge >= 0.3 is 0 Å². The van der Waals surface area contributed by atoms with E-state index in [0.29, 0.717) is 5.84 Å². The number of rotatable bonds is 2. The maximum Gasteiger partial charge on any atom is 0.123 e. The molecular formula is C17H17N3. The molecule has 0 aliphatic carbocycles. The summed E-state index contributed by atoms with van der Waals surface area (Å²) in [5.41, 5.74) is 10.4. The van der Waals surface area contributed by atoms with Gasteiger partial charge in [-0.1, -0.05) is 60.2 Å².